The number of nitrogens with two attached hydrogens (primary N) is 1. The van der Waals surface area contributed by atoms with Crippen molar-refractivity contribution in [1.82, 2.24) is 14.2 Å². The lowest BCUT2D eigenvalue weighted by atomic mass is 10.3. The molecule has 0 spiro atoms. The lowest BCUT2D eigenvalue weighted by Gasteiger charge is -2.17. The van der Waals surface area contributed by atoms with Crippen LogP contribution in [0, 0.1) is 0 Å². The Labute approximate surface area is 110 Å². The molecule has 0 bridgehead atoms. The second kappa shape index (κ2) is 5.26. The monoisotopic (exact) mass is 267 g/mol. The van der Waals surface area contributed by atoms with Crippen LogP contribution in [0.15, 0.2) is 12.4 Å². The number of aromatic nitrogens is 3. The van der Waals surface area contributed by atoms with Gasteiger partial charge in [-0.25, -0.2) is 0 Å². The van der Waals surface area contributed by atoms with Crippen LogP contribution in [0.5, 0.6) is 5.75 Å². The molecule has 0 saturated heterocycles. The Morgan fingerprint density at radius 1 is 1.56 bits per heavy atom. The summed E-state index contributed by atoms with van der Waals surface area (Å²) < 4.78 is 11.5. The minimum absolute atomic E-state index is 0.454. The fourth-order valence-corrected chi connectivity index (χ4v) is 2.43. The van der Waals surface area contributed by atoms with Crippen LogP contribution in [-0.2, 0) is 13.6 Å². The summed E-state index contributed by atoms with van der Waals surface area (Å²) in [6, 6.07) is 0. The number of rotatable bonds is 5. The van der Waals surface area contributed by atoms with Crippen molar-refractivity contribution in [1.29, 1.82) is 0 Å². The molecular weight excluding hydrogens is 250 g/mol. The molecule has 2 N–H and O–H groups in total. The molecule has 2 aromatic rings. The van der Waals surface area contributed by atoms with Crippen molar-refractivity contribution in [2.45, 2.75) is 13.5 Å². The minimum Gasteiger partial charge on any atom is -0.487 e. The molecule has 98 valence electrons. The maximum Gasteiger partial charge on any atom is 0.197 e. The van der Waals surface area contributed by atoms with E-state index in [9.17, 15) is 0 Å². The maximum atomic E-state index is 5.79. The minimum atomic E-state index is 0.454. The average molecular weight is 267 g/mol. The van der Waals surface area contributed by atoms with Gasteiger partial charge < -0.3 is 15.4 Å². The molecule has 2 aromatic heterocycles. The molecule has 0 aromatic carbocycles. The number of anilines is 2. The van der Waals surface area contributed by atoms with E-state index in [1.165, 1.54) is 11.5 Å². The molecule has 2 heterocycles. The zero-order chi connectivity index (χ0) is 13.1. The van der Waals surface area contributed by atoms with Crippen LogP contribution < -0.4 is 15.4 Å². The van der Waals surface area contributed by atoms with Crippen LogP contribution in [-0.4, -0.2) is 27.8 Å². The number of aryl methyl sites for hydroxylation is 1. The molecule has 0 atom stereocenters. The third-order valence-electron chi connectivity index (χ3n) is 2.47. The highest BCUT2D eigenvalue weighted by Gasteiger charge is 2.17. The van der Waals surface area contributed by atoms with Crippen LogP contribution in [0.25, 0.3) is 0 Å². The summed E-state index contributed by atoms with van der Waals surface area (Å²) in [6.07, 6.45) is 3.84. The van der Waals surface area contributed by atoms with Gasteiger partial charge in [-0.05, 0) is 18.5 Å². The first kappa shape index (κ1) is 12.7. The Bertz CT molecular complexity index is 521. The van der Waals surface area contributed by atoms with Gasteiger partial charge in [-0.1, -0.05) is 0 Å². The average Bonchev–Trinajstić information content (AvgIpc) is 2.88. The van der Waals surface area contributed by atoms with Crippen molar-refractivity contribution >= 4 is 22.4 Å². The van der Waals surface area contributed by atoms with Crippen molar-refractivity contribution in [2.24, 2.45) is 7.05 Å². The van der Waals surface area contributed by atoms with E-state index in [1.807, 2.05) is 33.4 Å². The zero-order valence-electron chi connectivity index (χ0n) is 10.8. The van der Waals surface area contributed by atoms with Gasteiger partial charge in [-0.3, -0.25) is 4.68 Å². The molecule has 0 amide bonds. The van der Waals surface area contributed by atoms with Gasteiger partial charge in [-0.2, -0.15) is 9.47 Å². The lowest BCUT2D eigenvalue weighted by molar-refractivity contribution is 0.343. The summed E-state index contributed by atoms with van der Waals surface area (Å²) in [4.78, 5) is 2.07. The molecule has 0 aliphatic rings. The summed E-state index contributed by atoms with van der Waals surface area (Å²) in [5.74, 6) is 1.13. The van der Waals surface area contributed by atoms with Crippen molar-refractivity contribution in [3.63, 3.8) is 0 Å². The molecule has 2 rings (SSSR count). The molecule has 18 heavy (non-hydrogen) atoms. The predicted molar refractivity (Wildman–Crippen MR) is 73.0 cm³/mol. The molecule has 0 aliphatic carbocycles. The fourth-order valence-electron chi connectivity index (χ4n) is 1.71. The van der Waals surface area contributed by atoms with E-state index >= 15 is 0 Å². The quantitative estimate of drug-likeness (QED) is 0.889. The molecule has 0 fully saturated rings. The first-order valence-electron chi connectivity index (χ1n) is 5.68. The van der Waals surface area contributed by atoms with E-state index in [0.29, 0.717) is 18.2 Å². The van der Waals surface area contributed by atoms with Crippen molar-refractivity contribution in [3.05, 3.63) is 18.0 Å². The largest absolute Gasteiger partial charge is 0.487 e. The van der Waals surface area contributed by atoms with Crippen molar-refractivity contribution in [2.75, 3.05) is 24.3 Å². The highest BCUT2D eigenvalue weighted by molar-refractivity contribution is 7.11. The highest BCUT2D eigenvalue weighted by atomic mass is 32.1. The molecule has 0 aliphatic heterocycles. The topological polar surface area (TPSA) is 69.2 Å². The van der Waals surface area contributed by atoms with E-state index in [2.05, 4.69) is 14.4 Å². The first-order valence-corrected chi connectivity index (χ1v) is 6.45. The van der Waals surface area contributed by atoms with Crippen molar-refractivity contribution in [3.8, 4) is 5.75 Å². The van der Waals surface area contributed by atoms with Crippen LogP contribution >= 0.6 is 11.5 Å². The van der Waals surface area contributed by atoms with E-state index < -0.39 is 0 Å². The Hall–Kier alpha value is -1.76. The smallest absolute Gasteiger partial charge is 0.197 e. The van der Waals surface area contributed by atoms with Crippen LogP contribution in [0.3, 0.4) is 0 Å². The lowest BCUT2D eigenvalue weighted by Crippen LogP contribution is -2.15. The van der Waals surface area contributed by atoms with Gasteiger partial charge in [-0.15, -0.1) is 0 Å². The van der Waals surface area contributed by atoms with Gasteiger partial charge in [0.15, 0.2) is 16.6 Å². The normalized spacial score (nSPS) is 10.6. The van der Waals surface area contributed by atoms with E-state index in [-0.39, 0.29) is 0 Å². The Balaban J connectivity index is 2.15. The third kappa shape index (κ3) is 2.56. The van der Waals surface area contributed by atoms with E-state index in [1.54, 1.807) is 4.68 Å². The highest BCUT2D eigenvalue weighted by Crippen LogP contribution is 2.38. The first-order chi connectivity index (χ1) is 8.61. The summed E-state index contributed by atoms with van der Waals surface area (Å²) in [5.41, 5.74) is 6.93. The van der Waals surface area contributed by atoms with E-state index in [0.717, 1.165) is 17.1 Å². The second-order valence-corrected chi connectivity index (χ2v) is 4.77. The second-order valence-electron chi connectivity index (χ2n) is 4.01. The summed E-state index contributed by atoms with van der Waals surface area (Å²) in [5, 5.41) is 5.09. The molecule has 7 heteroatoms. The summed E-state index contributed by atoms with van der Waals surface area (Å²) in [6.45, 7) is 3.26. The number of nitrogen functional groups attached to an aromatic ring is 1. The van der Waals surface area contributed by atoms with Crippen LogP contribution in [0.1, 0.15) is 12.5 Å². The van der Waals surface area contributed by atoms with Gasteiger partial charge >= 0.3 is 0 Å². The van der Waals surface area contributed by atoms with E-state index in [4.69, 9.17) is 10.5 Å². The van der Waals surface area contributed by atoms with Gasteiger partial charge in [0.25, 0.3) is 0 Å². The molecule has 0 radical (unpaired) electrons. The number of hydrogen-bond acceptors (Lipinski definition) is 6. The Morgan fingerprint density at radius 3 is 2.94 bits per heavy atom. The van der Waals surface area contributed by atoms with Gasteiger partial charge in [0.1, 0.15) is 0 Å². The molecule has 0 unspecified atom stereocenters. The number of hydrogen-bond donors (Lipinski definition) is 1. The van der Waals surface area contributed by atoms with Gasteiger partial charge in [0.2, 0.25) is 0 Å². The van der Waals surface area contributed by atoms with Gasteiger partial charge in [0, 0.05) is 32.4 Å². The van der Waals surface area contributed by atoms with Crippen LogP contribution in [0.2, 0.25) is 0 Å². The zero-order valence-corrected chi connectivity index (χ0v) is 11.6. The Morgan fingerprint density at radius 2 is 2.33 bits per heavy atom. The molecular formula is C11H17N5OS. The predicted octanol–water partition coefficient (Wildman–Crippen LogP) is 1.49. The maximum absolute atomic E-state index is 5.79. The number of nitrogens with zero attached hydrogens (tertiary/aromatic N) is 4. The van der Waals surface area contributed by atoms with Crippen molar-refractivity contribution < 1.29 is 4.74 Å². The Kier molecular flexibility index (Phi) is 3.71. The van der Waals surface area contributed by atoms with Gasteiger partial charge in [0.05, 0.1) is 12.8 Å². The standard InChI is InChI=1S/C11H17N5OS/c1-4-17-9-10(12)14-18-11(9)15(2)6-8-5-13-16(3)7-8/h5,7H,4,6H2,1-3H3,(H2,12,14). The summed E-state index contributed by atoms with van der Waals surface area (Å²) >= 11 is 1.35. The number of ether oxygens (including phenoxy) is 1. The summed E-state index contributed by atoms with van der Waals surface area (Å²) in [7, 11) is 3.89. The molecule has 0 saturated carbocycles. The fraction of sp³-hybridized carbons (Fsp3) is 0.455. The third-order valence-corrected chi connectivity index (χ3v) is 3.43. The van der Waals surface area contributed by atoms with Crippen LogP contribution in [0.4, 0.5) is 10.8 Å². The molecule has 6 nitrogen and oxygen atoms in total. The SMILES string of the molecule is CCOc1c(N)nsc1N(C)Cc1cnn(C)c1.